The molecule has 0 heterocycles. The first kappa shape index (κ1) is 13.8. The quantitative estimate of drug-likeness (QED) is 0.793. The standard InChI is InChI=1S/C13H16F2O2/c1-4-13(2,17-3)12(16)7-9-5-6-10(14)8-11(9)15/h5-6,8H,4,7H2,1-3H3. The summed E-state index contributed by atoms with van der Waals surface area (Å²) in [6.45, 7) is 3.49. The van der Waals surface area contributed by atoms with Crippen molar-refractivity contribution in [3.8, 4) is 0 Å². The Labute approximate surface area is 99.6 Å². The molecule has 0 amide bonds. The second kappa shape index (κ2) is 5.36. The van der Waals surface area contributed by atoms with Crippen molar-refractivity contribution in [1.29, 1.82) is 0 Å². The van der Waals surface area contributed by atoms with E-state index in [4.69, 9.17) is 4.74 Å². The van der Waals surface area contributed by atoms with Crippen molar-refractivity contribution >= 4 is 5.78 Å². The molecule has 17 heavy (non-hydrogen) atoms. The summed E-state index contributed by atoms with van der Waals surface area (Å²) in [5, 5.41) is 0. The van der Waals surface area contributed by atoms with Crippen LogP contribution in [0.25, 0.3) is 0 Å². The van der Waals surface area contributed by atoms with Gasteiger partial charge in [0.1, 0.15) is 17.2 Å². The number of halogens is 2. The fourth-order valence-electron chi connectivity index (χ4n) is 1.48. The number of Topliss-reactive ketones (excluding diaryl/α,β-unsaturated/α-hetero) is 1. The molecule has 1 aromatic carbocycles. The van der Waals surface area contributed by atoms with Gasteiger partial charge in [0.15, 0.2) is 5.78 Å². The second-order valence-electron chi connectivity index (χ2n) is 4.12. The Kier molecular flexibility index (Phi) is 4.34. The van der Waals surface area contributed by atoms with Crippen LogP contribution in [0.5, 0.6) is 0 Å². The molecule has 1 atom stereocenters. The maximum absolute atomic E-state index is 13.4. The van der Waals surface area contributed by atoms with Gasteiger partial charge in [-0.05, 0) is 25.0 Å². The van der Waals surface area contributed by atoms with E-state index >= 15 is 0 Å². The summed E-state index contributed by atoms with van der Waals surface area (Å²) in [6.07, 6.45) is 0.412. The van der Waals surface area contributed by atoms with E-state index in [2.05, 4.69) is 0 Å². The average Bonchev–Trinajstić information content (AvgIpc) is 2.31. The number of rotatable bonds is 5. The van der Waals surface area contributed by atoms with Crippen LogP contribution in [0.2, 0.25) is 0 Å². The molecule has 0 saturated carbocycles. The van der Waals surface area contributed by atoms with Crippen molar-refractivity contribution in [2.24, 2.45) is 0 Å². The summed E-state index contributed by atoms with van der Waals surface area (Å²) < 4.78 is 31.2. The molecule has 1 rings (SSSR count). The normalized spacial score (nSPS) is 14.4. The zero-order valence-corrected chi connectivity index (χ0v) is 10.2. The fraction of sp³-hybridized carbons (Fsp3) is 0.462. The number of methoxy groups -OCH3 is 1. The highest BCUT2D eigenvalue weighted by molar-refractivity contribution is 5.88. The average molecular weight is 242 g/mol. The first-order valence-electron chi connectivity index (χ1n) is 5.45. The molecule has 0 aliphatic heterocycles. The van der Waals surface area contributed by atoms with Gasteiger partial charge in [-0.2, -0.15) is 0 Å². The first-order chi connectivity index (χ1) is 7.92. The molecule has 1 unspecified atom stereocenters. The lowest BCUT2D eigenvalue weighted by molar-refractivity contribution is -0.138. The summed E-state index contributed by atoms with van der Waals surface area (Å²) in [5.41, 5.74) is -0.728. The molecule has 0 radical (unpaired) electrons. The predicted octanol–water partition coefficient (Wildman–Crippen LogP) is 2.89. The van der Waals surface area contributed by atoms with Gasteiger partial charge >= 0.3 is 0 Å². The van der Waals surface area contributed by atoms with Crippen LogP contribution >= 0.6 is 0 Å². The maximum Gasteiger partial charge on any atom is 0.168 e. The van der Waals surface area contributed by atoms with Crippen LogP contribution in [0.1, 0.15) is 25.8 Å². The first-order valence-corrected chi connectivity index (χ1v) is 5.45. The summed E-state index contributed by atoms with van der Waals surface area (Å²) in [4.78, 5) is 11.9. The molecule has 0 aliphatic rings. The van der Waals surface area contributed by atoms with Gasteiger partial charge in [0.05, 0.1) is 0 Å². The van der Waals surface area contributed by atoms with Gasteiger partial charge in [0, 0.05) is 19.6 Å². The molecule has 0 aromatic heterocycles. The molecule has 2 nitrogen and oxygen atoms in total. The number of ketones is 1. The van der Waals surface area contributed by atoms with Crippen molar-refractivity contribution in [3.05, 3.63) is 35.4 Å². The molecule has 0 N–H and O–H groups in total. The van der Waals surface area contributed by atoms with Crippen molar-refractivity contribution < 1.29 is 18.3 Å². The molecule has 0 saturated heterocycles. The topological polar surface area (TPSA) is 26.3 Å². The summed E-state index contributed by atoms with van der Waals surface area (Å²) in [5.74, 6) is -1.57. The molecule has 94 valence electrons. The number of hydrogen-bond donors (Lipinski definition) is 0. The van der Waals surface area contributed by atoms with Gasteiger partial charge in [-0.25, -0.2) is 8.78 Å². The predicted molar refractivity (Wildman–Crippen MR) is 60.8 cm³/mol. The van der Waals surface area contributed by atoms with Crippen LogP contribution in [0.4, 0.5) is 8.78 Å². The van der Waals surface area contributed by atoms with Gasteiger partial charge < -0.3 is 4.74 Å². The minimum Gasteiger partial charge on any atom is -0.371 e. The Morgan fingerprint density at radius 1 is 1.41 bits per heavy atom. The Balaban J connectivity index is 2.88. The van der Waals surface area contributed by atoms with Gasteiger partial charge in [0.2, 0.25) is 0 Å². The van der Waals surface area contributed by atoms with Crippen LogP contribution in [-0.2, 0) is 16.0 Å². The number of ether oxygens (including phenoxy) is 1. The van der Waals surface area contributed by atoms with Crippen molar-refractivity contribution in [2.75, 3.05) is 7.11 Å². The van der Waals surface area contributed by atoms with Crippen LogP contribution in [-0.4, -0.2) is 18.5 Å². The highest BCUT2D eigenvalue weighted by Crippen LogP contribution is 2.19. The lowest BCUT2D eigenvalue weighted by atomic mass is 9.92. The van der Waals surface area contributed by atoms with E-state index in [1.54, 1.807) is 6.92 Å². The molecule has 0 fully saturated rings. The number of hydrogen-bond acceptors (Lipinski definition) is 2. The second-order valence-corrected chi connectivity index (χ2v) is 4.12. The van der Waals surface area contributed by atoms with Gasteiger partial charge in [-0.1, -0.05) is 13.0 Å². The lowest BCUT2D eigenvalue weighted by Crippen LogP contribution is -2.38. The highest BCUT2D eigenvalue weighted by atomic mass is 19.1. The van der Waals surface area contributed by atoms with Gasteiger partial charge in [0.25, 0.3) is 0 Å². The van der Waals surface area contributed by atoms with Crippen molar-refractivity contribution in [2.45, 2.75) is 32.3 Å². The number of benzene rings is 1. The lowest BCUT2D eigenvalue weighted by Gasteiger charge is -2.24. The van der Waals surface area contributed by atoms with E-state index in [0.717, 1.165) is 12.1 Å². The fourth-order valence-corrected chi connectivity index (χ4v) is 1.48. The Morgan fingerprint density at radius 3 is 2.53 bits per heavy atom. The third-order valence-electron chi connectivity index (χ3n) is 3.08. The van der Waals surface area contributed by atoms with Crippen molar-refractivity contribution in [3.63, 3.8) is 0 Å². The third-order valence-corrected chi connectivity index (χ3v) is 3.08. The minimum atomic E-state index is -0.916. The van der Waals surface area contributed by atoms with E-state index in [1.807, 2.05) is 6.92 Å². The Hall–Kier alpha value is -1.29. The van der Waals surface area contributed by atoms with E-state index in [1.165, 1.54) is 13.2 Å². The molecule has 4 heteroatoms. The van der Waals surface area contributed by atoms with Crippen LogP contribution in [0.15, 0.2) is 18.2 Å². The molecule has 0 aliphatic carbocycles. The zero-order valence-electron chi connectivity index (χ0n) is 10.2. The zero-order chi connectivity index (χ0) is 13.1. The molecule has 0 bridgehead atoms. The summed E-state index contributed by atoms with van der Waals surface area (Å²) in [6, 6.07) is 3.20. The Bertz CT molecular complexity index is 412. The number of carbonyl (C=O) groups is 1. The molecular weight excluding hydrogens is 226 g/mol. The maximum atomic E-state index is 13.4. The largest absolute Gasteiger partial charge is 0.371 e. The summed E-state index contributed by atoms with van der Waals surface area (Å²) in [7, 11) is 1.45. The van der Waals surface area contributed by atoms with E-state index in [9.17, 15) is 13.6 Å². The van der Waals surface area contributed by atoms with Crippen molar-refractivity contribution in [1.82, 2.24) is 0 Å². The third kappa shape index (κ3) is 3.09. The van der Waals surface area contributed by atoms with Crippen LogP contribution < -0.4 is 0 Å². The molecule has 1 aromatic rings. The van der Waals surface area contributed by atoms with Gasteiger partial charge in [-0.3, -0.25) is 4.79 Å². The van der Waals surface area contributed by atoms with E-state index < -0.39 is 17.2 Å². The van der Waals surface area contributed by atoms with Crippen LogP contribution in [0.3, 0.4) is 0 Å². The van der Waals surface area contributed by atoms with E-state index in [-0.39, 0.29) is 17.8 Å². The monoisotopic (exact) mass is 242 g/mol. The van der Waals surface area contributed by atoms with Gasteiger partial charge in [-0.15, -0.1) is 0 Å². The smallest absolute Gasteiger partial charge is 0.168 e. The Morgan fingerprint density at radius 2 is 2.06 bits per heavy atom. The summed E-state index contributed by atoms with van der Waals surface area (Å²) >= 11 is 0. The van der Waals surface area contributed by atoms with Crippen LogP contribution in [0, 0.1) is 11.6 Å². The molecular formula is C13H16F2O2. The minimum absolute atomic E-state index is 0.0930. The van der Waals surface area contributed by atoms with E-state index in [0.29, 0.717) is 6.42 Å². The highest BCUT2D eigenvalue weighted by Gasteiger charge is 2.30. The molecule has 0 spiro atoms. The SMILES string of the molecule is CCC(C)(OC)C(=O)Cc1ccc(F)cc1F. The number of carbonyl (C=O) groups excluding carboxylic acids is 1.